The van der Waals surface area contributed by atoms with E-state index in [9.17, 15) is 19.8 Å². The number of carboxylic acid groups (broad SMARTS) is 2. The number of ether oxygens (including phenoxy) is 1. The first-order valence-electron chi connectivity index (χ1n) is 7.77. The van der Waals surface area contributed by atoms with Crippen molar-refractivity contribution in [3.05, 3.63) is 0 Å². The molecule has 0 aromatic heterocycles. The minimum absolute atomic E-state index is 0.204. The monoisotopic (exact) mass is 300 g/mol. The first-order valence-corrected chi connectivity index (χ1v) is 7.77. The van der Waals surface area contributed by atoms with Gasteiger partial charge in [-0.05, 0) is 24.7 Å². The zero-order valence-corrected chi connectivity index (χ0v) is 13.4. The molecule has 1 aliphatic rings. The van der Waals surface area contributed by atoms with E-state index in [1.165, 1.54) is 0 Å². The number of rotatable bonds is 8. The van der Waals surface area contributed by atoms with E-state index < -0.39 is 23.8 Å². The second-order valence-corrected chi connectivity index (χ2v) is 7.01. The molecule has 1 fully saturated rings. The van der Waals surface area contributed by atoms with E-state index in [-0.39, 0.29) is 23.7 Å². The molecule has 1 heterocycles. The van der Waals surface area contributed by atoms with Crippen LogP contribution in [0.5, 0.6) is 0 Å². The predicted octanol–water partition coefficient (Wildman–Crippen LogP) is 2.74. The van der Waals surface area contributed by atoms with Gasteiger partial charge in [-0.3, -0.25) is 9.59 Å². The van der Waals surface area contributed by atoms with Gasteiger partial charge in [-0.15, -0.1) is 0 Å². The molecule has 122 valence electrons. The average molecular weight is 300 g/mol. The van der Waals surface area contributed by atoms with Crippen LogP contribution in [0.2, 0.25) is 0 Å². The molecule has 1 aliphatic heterocycles. The Morgan fingerprint density at radius 2 is 1.24 bits per heavy atom. The first kappa shape index (κ1) is 18.0. The Balaban J connectivity index is 2.93. The average Bonchev–Trinajstić information content (AvgIpc) is 2.80. The third-order valence-corrected chi connectivity index (χ3v) is 4.29. The molecular weight excluding hydrogens is 272 g/mol. The van der Waals surface area contributed by atoms with Crippen LogP contribution < -0.4 is 0 Å². The van der Waals surface area contributed by atoms with Gasteiger partial charge in [0.25, 0.3) is 0 Å². The van der Waals surface area contributed by atoms with E-state index in [1.807, 2.05) is 27.7 Å². The predicted molar refractivity (Wildman–Crippen MR) is 79.0 cm³/mol. The molecule has 0 amide bonds. The van der Waals surface area contributed by atoms with Crippen LogP contribution in [0.25, 0.3) is 0 Å². The van der Waals surface area contributed by atoms with Crippen LogP contribution in [0.15, 0.2) is 0 Å². The Hall–Kier alpha value is -1.10. The van der Waals surface area contributed by atoms with Gasteiger partial charge < -0.3 is 14.9 Å². The molecule has 0 aromatic carbocycles. The number of carbonyl (C=O) groups is 2. The highest BCUT2D eigenvalue weighted by atomic mass is 16.5. The van der Waals surface area contributed by atoms with E-state index >= 15 is 0 Å². The molecule has 0 saturated carbocycles. The molecule has 0 aliphatic carbocycles. The van der Waals surface area contributed by atoms with E-state index in [4.69, 9.17) is 4.74 Å². The van der Waals surface area contributed by atoms with Crippen molar-refractivity contribution in [3.8, 4) is 0 Å². The van der Waals surface area contributed by atoms with Gasteiger partial charge in [0, 0.05) is 11.8 Å². The van der Waals surface area contributed by atoms with Crippen molar-refractivity contribution in [3.63, 3.8) is 0 Å². The van der Waals surface area contributed by atoms with E-state index in [0.717, 1.165) is 0 Å². The van der Waals surface area contributed by atoms with Crippen LogP contribution in [0.4, 0.5) is 0 Å². The Kier molecular flexibility index (Phi) is 6.65. The van der Waals surface area contributed by atoms with Crippen LogP contribution >= 0.6 is 0 Å². The van der Waals surface area contributed by atoms with Crippen LogP contribution in [-0.2, 0) is 14.3 Å². The van der Waals surface area contributed by atoms with Gasteiger partial charge in [0.05, 0.1) is 25.0 Å². The number of hydrogen-bond donors (Lipinski definition) is 2. The van der Waals surface area contributed by atoms with Crippen molar-refractivity contribution in [1.82, 2.24) is 0 Å². The van der Waals surface area contributed by atoms with Gasteiger partial charge in [0.1, 0.15) is 0 Å². The van der Waals surface area contributed by atoms with Gasteiger partial charge in [0.15, 0.2) is 0 Å². The maximum absolute atomic E-state index is 11.6. The molecule has 0 spiro atoms. The van der Waals surface area contributed by atoms with Gasteiger partial charge in [-0.1, -0.05) is 27.7 Å². The lowest BCUT2D eigenvalue weighted by molar-refractivity contribution is -0.149. The van der Waals surface area contributed by atoms with Crippen LogP contribution in [0, 0.1) is 35.5 Å². The van der Waals surface area contributed by atoms with Crippen LogP contribution in [0.3, 0.4) is 0 Å². The summed E-state index contributed by atoms with van der Waals surface area (Å²) in [4.78, 5) is 23.2. The number of aliphatic carboxylic acids is 2. The fraction of sp³-hybridized carbons (Fsp3) is 0.875. The molecule has 2 N–H and O–H groups in total. The van der Waals surface area contributed by atoms with Crippen molar-refractivity contribution in [2.75, 3.05) is 13.2 Å². The maximum atomic E-state index is 11.6. The zero-order chi connectivity index (χ0) is 16.2. The van der Waals surface area contributed by atoms with Crippen molar-refractivity contribution in [2.24, 2.45) is 35.5 Å². The topological polar surface area (TPSA) is 83.8 Å². The van der Waals surface area contributed by atoms with Crippen LogP contribution in [0.1, 0.15) is 40.5 Å². The molecule has 1 saturated heterocycles. The second-order valence-electron chi connectivity index (χ2n) is 7.01. The Bertz CT molecular complexity index is 330. The second kappa shape index (κ2) is 7.78. The minimum atomic E-state index is -0.835. The largest absolute Gasteiger partial charge is 0.481 e. The molecule has 0 radical (unpaired) electrons. The third-order valence-electron chi connectivity index (χ3n) is 4.29. The SMILES string of the molecule is CC(C)CC(C(=O)O)C1COCC1C(CC(C)C)C(=O)O. The lowest BCUT2D eigenvalue weighted by atomic mass is 9.72. The molecule has 5 heteroatoms. The number of carboxylic acids is 2. The zero-order valence-electron chi connectivity index (χ0n) is 13.4. The highest BCUT2D eigenvalue weighted by Crippen LogP contribution is 2.38. The lowest BCUT2D eigenvalue weighted by Crippen LogP contribution is -2.36. The van der Waals surface area contributed by atoms with E-state index in [0.29, 0.717) is 26.1 Å². The summed E-state index contributed by atoms with van der Waals surface area (Å²) in [7, 11) is 0. The molecule has 21 heavy (non-hydrogen) atoms. The van der Waals surface area contributed by atoms with Gasteiger partial charge in [0.2, 0.25) is 0 Å². The molecule has 0 bridgehead atoms. The summed E-state index contributed by atoms with van der Waals surface area (Å²) in [5.41, 5.74) is 0. The molecule has 4 unspecified atom stereocenters. The minimum Gasteiger partial charge on any atom is -0.481 e. The molecule has 4 atom stereocenters. The highest BCUT2D eigenvalue weighted by Gasteiger charge is 2.44. The normalized spacial score (nSPS) is 25.2. The molecule has 1 rings (SSSR count). The van der Waals surface area contributed by atoms with E-state index in [1.54, 1.807) is 0 Å². The summed E-state index contributed by atoms with van der Waals surface area (Å²) in [5, 5.41) is 19.0. The summed E-state index contributed by atoms with van der Waals surface area (Å²) in [5.74, 6) is -2.59. The Labute approximate surface area is 126 Å². The number of hydrogen-bond acceptors (Lipinski definition) is 3. The Morgan fingerprint density at radius 1 is 0.905 bits per heavy atom. The quantitative estimate of drug-likeness (QED) is 0.720. The smallest absolute Gasteiger partial charge is 0.306 e. The first-order chi connectivity index (χ1) is 9.73. The summed E-state index contributed by atoms with van der Waals surface area (Å²) in [6, 6.07) is 0. The maximum Gasteiger partial charge on any atom is 0.306 e. The van der Waals surface area contributed by atoms with Crippen molar-refractivity contribution < 1.29 is 24.5 Å². The summed E-state index contributed by atoms with van der Waals surface area (Å²) < 4.78 is 5.47. The van der Waals surface area contributed by atoms with Gasteiger partial charge in [-0.25, -0.2) is 0 Å². The van der Waals surface area contributed by atoms with Crippen molar-refractivity contribution in [1.29, 1.82) is 0 Å². The standard InChI is InChI=1S/C16H28O5/c1-9(2)5-11(15(17)18)13-7-21-8-14(13)12(16(19)20)6-10(3)4/h9-14H,5-8H2,1-4H3,(H,17,18)(H,19,20). The fourth-order valence-electron chi connectivity index (χ4n) is 3.35. The Morgan fingerprint density at radius 3 is 1.48 bits per heavy atom. The van der Waals surface area contributed by atoms with Gasteiger partial charge in [-0.2, -0.15) is 0 Å². The van der Waals surface area contributed by atoms with E-state index in [2.05, 4.69) is 0 Å². The molecule has 0 aromatic rings. The van der Waals surface area contributed by atoms with Crippen molar-refractivity contribution >= 4 is 11.9 Å². The fourth-order valence-corrected chi connectivity index (χ4v) is 3.35. The summed E-state index contributed by atoms with van der Waals surface area (Å²) in [6.45, 7) is 8.67. The molecule has 5 nitrogen and oxygen atoms in total. The third kappa shape index (κ3) is 4.99. The lowest BCUT2D eigenvalue weighted by Gasteiger charge is -2.29. The summed E-state index contributed by atoms with van der Waals surface area (Å²) >= 11 is 0. The van der Waals surface area contributed by atoms with Crippen LogP contribution in [-0.4, -0.2) is 35.4 Å². The molecular formula is C16H28O5. The van der Waals surface area contributed by atoms with Crippen molar-refractivity contribution in [2.45, 2.75) is 40.5 Å². The highest BCUT2D eigenvalue weighted by molar-refractivity contribution is 5.72. The summed E-state index contributed by atoms with van der Waals surface area (Å²) in [6.07, 6.45) is 1.13. The van der Waals surface area contributed by atoms with Gasteiger partial charge >= 0.3 is 11.9 Å².